The molecule has 0 aliphatic carbocycles. The highest BCUT2D eigenvalue weighted by molar-refractivity contribution is 7.33. The molecule has 0 amide bonds. The topological polar surface area (TPSA) is 30.7 Å². The van der Waals surface area contributed by atoms with E-state index in [2.05, 4.69) is 144 Å². The van der Waals surface area contributed by atoms with Crippen molar-refractivity contribution in [3.8, 4) is 28.3 Å². The quantitative estimate of drug-likeness (QED) is 0.187. The van der Waals surface area contributed by atoms with E-state index in [1.807, 2.05) is 22.7 Å². The first-order valence-corrected chi connectivity index (χ1v) is 16.6. The number of aromatic nitrogens is 3. The molecule has 45 heavy (non-hydrogen) atoms. The average Bonchev–Trinajstić information content (AvgIpc) is 3.76. The molecule has 0 bridgehead atoms. The molecule has 0 spiro atoms. The lowest BCUT2D eigenvalue weighted by Gasteiger charge is -2.13. The first-order valence-electron chi connectivity index (χ1n) is 15.0. The highest BCUT2D eigenvalue weighted by atomic mass is 32.1. The van der Waals surface area contributed by atoms with Crippen LogP contribution in [0, 0.1) is 0 Å². The molecule has 4 heterocycles. The van der Waals surface area contributed by atoms with Crippen molar-refractivity contribution in [2.24, 2.45) is 0 Å². The Morgan fingerprint density at radius 3 is 1.67 bits per heavy atom. The van der Waals surface area contributed by atoms with E-state index in [0.29, 0.717) is 5.95 Å². The number of benzene rings is 6. The lowest BCUT2D eigenvalue weighted by atomic mass is 9.99. The summed E-state index contributed by atoms with van der Waals surface area (Å²) in [5.74, 6) is 0.702. The molecule has 6 aromatic carbocycles. The van der Waals surface area contributed by atoms with Gasteiger partial charge >= 0.3 is 0 Å². The standard InChI is InChI=1S/C40H23N3S2/c1-2-10-24(11-3-1)25-18-20-27(21-19-25)34-31-23-22-26-12-4-5-13-28(26)35(31)42-40(41-34)43-36-29-14-6-8-16-32(29)44-38(36)39-37(43)30-15-7-9-17-33(30)45-39/h1-23H. The molecule has 0 unspecified atom stereocenters. The molecule has 0 aliphatic rings. The zero-order chi connectivity index (χ0) is 29.5. The third-order valence-corrected chi connectivity index (χ3v) is 11.3. The Hall–Kier alpha value is -5.36. The average molecular weight is 610 g/mol. The maximum Gasteiger partial charge on any atom is 0.235 e. The second-order valence-electron chi connectivity index (χ2n) is 11.4. The van der Waals surface area contributed by atoms with E-state index in [1.54, 1.807) is 0 Å². The predicted octanol–water partition coefficient (Wildman–Crippen LogP) is 11.6. The van der Waals surface area contributed by atoms with Crippen LogP contribution in [0.5, 0.6) is 0 Å². The molecule has 0 N–H and O–H groups in total. The van der Waals surface area contributed by atoms with Gasteiger partial charge in [0.25, 0.3) is 0 Å². The van der Waals surface area contributed by atoms with Crippen molar-refractivity contribution in [2.75, 3.05) is 0 Å². The molecule has 0 saturated carbocycles. The van der Waals surface area contributed by atoms with Gasteiger partial charge in [-0.2, -0.15) is 0 Å². The summed E-state index contributed by atoms with van der Waals surface area (Å²) in [6, 6.07) is 49.6. The zero-order valence-electron chi connectivity index (χ0n) is 23.9. The molecule has 0 saturated heterocycles. The summed E-state index contributed by atoms with van der Waals surface area (Å²) in [5.41, 5.74) is 7.74. The van der Waals surface area contributed by atoms with Gasteiger partial charge in [0.2, 0.25) is 5.95 Å². The van der Waals surface area contributed by atoms with Gasteiger partial charge in [0.1, 0.15) is 0 Å². The summed E-state index contributed by atoms with van der Waals surface area (Å²) >= 11 is 3.72. The van der Waals surface area contributed by atoms with Gasteiger partial charge in [0.15, 0.2) is 0 Å². The maximum absolute atomic E-state index is 5.46. The predicted molar refractivity (Wildman–Crippen MR) is 193 cm³/mol. The van der Waals surface area contributed by atoms with E-state index >= 15 is 0 Å². The Labute approximate surface area is 266 Å². The summed E-state index contributed by atoms with van der Waals surface area (Å²) in [4.78, 5) is 10.9. The molecule has 5 heteroatoms. The Morgan fingerprint density at radius 1 is 0.422 bits per heavy atom. The van der Waals surface area contributed by atoms with Gasteiger partial charge in [-0.25, -0.2) is 9.97 Å². The van der Waals surface area contributed by atoms with Gasteiger partial charge in [-0.3, -0.25) is 4.57 Å². The summed E-state index contributed by atoms with van der Waals surface area (Å²) in [5, 5.41) is 5.83. The SMILES string of the molecule is c1ccc(-c2ccc(-c3nc(-n4c5c6ccccc6sc5c5sc6ccccc6c54)nc4c3ccc3ccccc34)cc2)cc1. The molecule has 10 rings (SSSR count). The Bertz CT molecular complexity index is 2660. The number of rotatable bonds is 3. The van der Waals surface area contributed by atoms with Crippen molar-refractivity contribution in [3.63, 3.8) is 0 Å². The van der Waals surface area contributed by atoms with Crippen LogP contribution in [0.25, 0.3) is 90.6 Å². The smallest absolute Gasteiger partial charge is 0.235 e. The van der Waals surface area contributed by atoms with E-state index < -0.39 is 0 Å². The highest BCUT2D eigenvalue weighted by Crippen LogP contribution is 2.48. The molecular formula is C40H23N3S2. The minimum absolute atomic E-state index is 0.702. The fourth-order valence-corrected chi connectivity index (χ4v) is 9.26. The van der Waals surface area contributed by atoms with Crippen LogP contribution in [0.4, 0.5) is 0 Å². The largest absolute Gasteiger partial charge is 0.275 e. The van der Waals surface area contributed by atoms with Crippen LogP contribution in [-0.4, -0.2) is 14.5 Å². The van der Waals surface area contributed by atoms with Gasteiger partial charge < -0.3 is 0 Å². The van der Waals surface area contributed by atoms with Crippen LogP contribution in [-0.2, 0) is 0 Å². The van der Waals surface area contributed by atoms with E-state index in [0.717, 1.165) is 27.5 Å². The van der Waals surface area contributed by atoms with Crippen molar-refractivity contribution in [2.45, 2.75) is 0 Å². The van der Waals surface area contributed by atoms with Gasteiger partial charge in [-0.15, -0.1) is 22.7 Å². The Morgan fingerprint density at radius 2 is 0.978 bits per heavy atom. The van der Waals surface area contributed by atoms with E-state index in [4.69, 9.17) is 9.97 Å². The van der Waals surface area contributed by atoms with Crippen LogP contribution in [0.1, 0.15) is 0 Å². The molecule has 210 valence electrons. The van der Waals surface area contributed by atoms with Crippen LogP contribution in [0.3, 0.4) is 0 Å². The van der Waals surface area contributed by atoms with Crippen molar-refractivity contribution in [1.29, 1.82) is 0 Å². The van der Waals surface area contributed by atoms with Crippen molar-refractivity contribution in [3.05, 3.63) is 140 Å². The van der Waals surface area contributed by atoms with Gasteiger partial charge in [-0.05, 0) is 34.7 Å². The monoisotopic (exact) mass is 609 g/mol. The van der Waals surface area contributed by atoms with Crippen molar-refractivity contribution < 1.29 is 0 Å². The lowest BCUT2D eigenvalue weighted by Crippen LogP contribution is -2.03. The van der Waals surface area contributed by atoms with Gasteiger partial charge in [0, 0.05) is 36.5 Å². The van der Waals surface area contributed by atoms with Crippen LogP contribution < -0.4 is 0 Å². The minimum Gasteiger partial charge on any atom is -0.275 e. The number of fused-ring (bicyclic) bond motifs is 10. The van der Waals surface area contributed by atoms with Gasteiger partial charge in [0.05, 0.1) is 31.6 Å². The fraction of sp³-hybridized carbons (Fsp3) is 0. The number of hydrogen-bond acceptors (Lipinski definition) is 4. The number of nitrogens with zero attached hydrogens (tertiary/aromatic N) is 3. The Kier molecular flexibility index (Phi) is 5.32. The van der Waals surface area contributed by atoms with Crippen LogP contribution in [0.2, 0.25) is 0 Å². The normalized spacial score (nSPS) is 12.0. The third-order valence-electron chi connectivity index (χ3n) is 8.84. The first kappa shape index (κ1) is 25.0. The van der Waals surface area contributed by atoms with E-state index in [-0.39, 0.29) is 0 Å². The molecular weight excluding hydrogens is 587 g/mol. The molecule has 0 radical (unpaired) electrons. The summed E-state index contributed by atoms with van der Waals surface area (Å²) in [6.07, 6.45) is 0. The summed E-state index contributed by atoms with van der Waals surface area (Å²) in [7, 11) is 0. The van der Waals surface area contributed by atoms with E-state index in [9.17, 15) is 0 Å². The summed E-state index contributed by atoms with van der Waals surface area (Å²) < 4.78 is 7.48. The molecule has 0 atom stereocenters. The number of hydrogen-bond donors (Lipinski definition) is 0. The molecule has 0 fully saturated rings. The van der Waals surface area contributed by atoms with Crippen LogP contribution in [0.15, 0.2) is 140 Å². The molecule has 4 aromatic heterocycles. The summed E-state index contributed by atoms with van der Waals surface area (Å²) in [6.45, 7) is 0. The highest BCUT2D eigenvalue weighted by Gasteiger charge is 2.24. The van der Waals surface area contributed by atoms with E-state index in [1.165, 1.54) is 57.1 Å². The van der Waals surface area contributed by atoms with Gasteiger partial charge in [-0.1, -0.05) is 121 Å². The molecule has 3 nitrogen and oxygen atoms in total. The third kappa shape index (κ3) is 3.69. The first-order chi connectivity index (χ1) is 22.3. The number of thiophene rings is 2. The molecule has 0 aliphatic heterocycles. The van der Waals surface area contributed by atoms with Crippen LogP contribution >= 0.6 is 22.7 Å². The van der Waals surface area contributed by atoms with Crippen molar-refractivity contribution >= 4 is 85.0 Å². The molecule has 10 aromatic rings. The maximum atomic E-state index is 5.46. The minimum atomic E-state index is 0.702. The second kappa shape index (κ2) is 9.57. The second-order valence-corrected chi connectivity index (χ2v) is 13.5. The zero-order valence-corrected chi connectivity index (χ0v) is 25.6. The lowest BCUT2D eigenvalue weighted by molar-refractivity contribution is 1.02. The fourth-order valence-electron chi connectivity index (χ4n) is 6.75. The Balaban J connectivity index is 1.33. The van der Waals surface area contributed by atoms with Crippen molar-refractivity contribution in [1.82, 2.24) is 14.5 Å².